The van der Waals surface area contributed by atoms with Gasteiger partial charge in [-0.2, -0.15) is 0 Å². The Morgan fingerprint density at radius 3 is 2.34 bits per heavy atom. The molecular weight excluding hydrogens is 431 g/mol. The fourth-order valence-electron chi connectivity index (χ4n) is 2.65. The molecular formula is C21H18Cl2N2O3S. The van der Waals surface area contributed by atoms with Crippen LogP contribution in [0.3, 0.4) is 0 Å². The molecule has 0 radical (unpaired) electrons. The minimum absolute atomic E-state index is 0.0526. The van der Waals surface area contributed by atoms with E-state index in [2.05, 4.69) is 10.0 Å². The molecule has 0 heterocycles. The van der Waals surface area contributed by atoms with Crippen LogP contribution in [0.25, 0.3) is 0 Å². The number of sulfonamides is 1. The van der Waals surface area contributed by atoms with E-state index < -0.39 is 10.0 Å². The summed E-state index contributed by atoms with van der Waals surface area (Å²) in [5.41, 5.74) is 2.32. The molecule has 150 valence electrons. The summed E-state index contributed by atoms with van der Waals surface area (Å²) in [6.07, 6.45) is 0.0789. The molecule has 0 saturated carbocycles. The van der Waals surface area contributed by atoms with E-state index in [9.17, 15) is 13.2 Å². The summed E-state index contributed by atoms with van der Waals surface area (Å²) in [7, 11) is -3.79. The summed E-state index contributed by atoms with van der Waals surface area (Å²) in [5.74, 6) is -0.294. The van der Waals surface area contributed by atoms with Crippen molar-refractivity contribution < 1.29 is 13.2 Å². The number of hydrogen-bond donors (Lipinski definition) is 2. The van der Waals surface area contributed by atoms with Crippen molar-refractivity contribution in [3.8, 4) is 0 Å². The van der Waals surface area contributed by atoms with Gasteiger partial charge >= 0.3 is 0 Å². The fourth-order valence-corrected chi connectivity index (χ4v) is 4.06. The minimum Gasteiger partial charge on any atom is -0.326 e. The maximum absolute atomic E-state index is 12.7. The minimum atomic E-state index is -3.79. The van der Waals surface area contributed by atoms with Crippen molar-refractivity contribution >= 4 is 50.5 Å². The Morgan fingerprint density at radius 2 is 1.66 bits per heavy atom. The highest BCUT2D eigenvalue weighted by molar-refractivity contribution is 7.92. The summed E-state index contributed by atoms with van der Waals surface area (Å²) in [6, 6.07) is 18.1. The Morgan fingerprint density at radius 1 is 0.931 bits per heavy atom. The van der Waals surface area contributed by atoms with Crippen LogP contribution in [0.15, 0.2) is 71.6 Å². The van der Waals surface area contributed by atoms with E-state index in [0.29, 0.717) is 27.0 Å². The van der Waals surface area contributed by atoms with E-state index >= 15 is 0 Å². The first-order valence-corrected chi connectivity index (χ1v) is 10.9. The molecule has 3 rings (SSSR count). The first-order chi connectivity index (χ1) is 13.7. The zero-order valence-electron chi connectivity index (χ0n) is 15.4. The highest BCUT2D eigenvalue weighted by Gasteiger charge is 2.16. The molecule has 29 heavy (non-hydrogen) atoms. The second kappa shape index (κ2) is 8.86. The third-order valence-corrected chi connectivity index (χ3v) is 6.29. The number of benzene rings is 3. The van der Waals surface area contributed by atoms with Crippen molar-refractivity contribution in [1.82, 2.24) is 0 Å². The second-order valence-corrected chi connectivity index (χ2v) is 8.92. The van der Waals surface area contributed by atoms with Crippen LogP contribution in [-0.2, 0) is 21.2 Å². The Hall–Kier alpha value is -2.54. The van der Waals surface area contributed by atoms with Crippen molar-refractivity contribution in [2.24, 2.45) is 0 Å². The number of carbonyl (C=O) groups excluding carboxylic acids is 1. The van der Waals surface area contributed by atoms with E-state index in [-0.39, 0.29) is 17.2 Å². The molecule has 5 nitrogen and oxygen atoms in total. The average molecular weight is 449 g/mol. The molecule has 0 aliphatic carbocycles. The van der Waals surface area contributed by atoms with Gasteiger partial charge in [-0.05, 0) is 54.4 Å². The molecule has 0 unspecified atom stereocenters. The maximum atomic E-state index is 12.7. The standard InChI is InChI=1S/C21H18Cl2N2O3S/c1-14-7-9-17(29(27,28)25-16-5-3-2-4-6-16)13-20(14)24-21(26)12-15-8-10-18(22)19(23)11-15/h2-11,13,25H,12H2,1H3,(H,24,26). The number of carbonyl (C=O) groups is 1. The number of aryl methyl sites for hydroxylation is 1. The molecule has 3 aromatic rings. The van der Waals surface area contributed by atoms with Crippen LogP contribution in [0.5, 0.6) is 0 Å². The number of rotatable bonds is 6. The third kappa shape index (κ3) is 5.50. The summed E-state index contributed by atoms with van der Waals surface area (Å²) in [5, 5.41) is 3.54. The normalized spacial score (nSPS) is 11.1. The van der Waals surface area contributed by atoms with Gasteiger partial charge in [0, 0.05) is 11.4 Å². The van der Waals surface area contributed by atoms with Gasteiger partial charge in [0.25, 0.3) is 10.0 Å². The number of para-hydroxylation sites is 1. The highest BCUT2D eigenvalue weighted by Crippen LogP contribution is 2.24. The molecule has 0 aromatic heterocycles. The van der Waals surface area contributed by atoms with Crippen LogP contribution in [0.2, 0.25) is 10.0 Å². The Bertz CT molecular complexity index is 1150. The van der Waals surface area contributed by atoms with Crippen LogP contribution in [0.1, 0.15) is 11.1 Å². The molecule has 1 amide bonds. The number of nitrogens with one attached hydrogen (secondary N) is 2. The lowest BCUT2D eigenvalue weighted by Gasteiger charge is -2.13. The van der Waals surface area contributed by atoms with Gasteiger partial charge in [0.1, 0.15) is 0 Å². The number of amides is 1. The molecule has 0 fully saturated rings. The number of halogens is 2. The molecule has 0 atom stereocenters. The quantitative estimate of drug-likeness (QED) is 0.538. The molecule has 0 bridgehead atoms. The lowest BCUT2D eigenvalue weighted by atomic mass is 10.1. The number of anilines is 2. The van der Waals surface area contributed by atoms with Crippen molar-refractivity contribution in [1.29, 1.82) is 0 Å². The summed E-state index contributed by atoms with van der Waals surface area (Å²) >= 11 is 11.9. The topological polar surface area (TPSA) is 75.3 Å². The van der Waals surface area contributed by atoms with Crippen LogP contribution < -0.4 is 10.0 Å². The van der Waals surface area contributed by atoms with E-state index in [4.69, 9.17) is 23.2 Å². The molecule has 3 aromatic carbocycles. The van der Waals surface area contributed by atoms with E-state index in [1.165, 1.54) is 12.1 Å². The van der Waals surface area contributed by atoms with E-state index in [1.54, 1.807) is 61.5 Å². The molecule has 0 saturated heterocycles. The molecule has 0 spiro atoms. The lowest BCUT2D eigenvalue weighted by Crippen LogP contribution is -2.17. The molecule has 0 aliphatic heterocycles. The van der Waals surface area contributed by atoms with Crippen LogP contribution in [-0.4, -0.2) is 14.3 Å². The van der Waals surface area contributed by atoms with Crippen molar-refractivity contribution in [2.75, 3.05) is 10.0 Å². The fraction of sp³-hybridized carbons (Fsp3) is 0.0952. The predicted molar refractivity (Wildman–Crippen MR) is 117 cm³/mol. The van der Waals surface area contributed by atoms with Gasteiger partial charge in [-0.15, -0.1) is 0 Å². The maximum Gasteiger partial charge on any atom is 0.261 e. The molecule has 8 heteroatoms. The third-order valence-electron chi connectivity index (χ3n) is 4.17. The van der Waals surface area contributed by atoms with Crippen molar-refractivity contribution in [3.63, 3.8) is 0 Å². The van der Waals surface area contributed by atoms with E-state index in [1.807, 2.05) is 0 Å². The summed E-state index contributed by atoms with van der Waals surface area (Å²) < 4.78 is 27.8. The predicted octanol–water partition coefficient (Wildman–Crippen LogP) is 5.28. The largest absolute Gasteiger partial charge is 0.326 e. The monoisotopic (exact) mass is 448 g/mol. The van der Waals surface area contributed by atoms with Gasteiger partial charge in [-0.3, -0.25) is 9.52 Å². The second-order valence-electron chi connectivity index (χ2n) is 6.42. The zero-order chi connectivity index (χ0) is 21.0. The SMILES string of the molecule is Cc1ccc(S(=O)(=O)Nc2ccccc2)cc1NC(=O)Cc1ccc(Cl)c(Cl)c1. The first-order valence-electron chi connectivity index (χ1n) is 8.67. The van der Waals surface area contributed by atoms with Gasteiger partial charge in [0.15, 0.2) is 0 Å². The van der Waals surface area contributed by atoms with Gasteiger partial charge in [0.2, 0.25) is 5.91 Å². The average Bonchev–Trinajstić information content (AvgIpc) is 2.67. The molecule has 0 aliphatic rings. The highest BCUT2D eigenvalue weighted by atomic mass is 35.5. The van der Waals surface area contributed by atoms with Gasteiger partial charge in [0.05, 0.1) is 21.4 Å². The molecule has 2 N–H and O–H groups in total. The smallest absolute Gasteiger partial charge is 0.261 e. The van der Waals surface area contributed by atoms with Crippen molar-refractivity contribution in [3.05, 3.63) is 87.9 Å². The van der Waals surface area contributed by atoms with Gasteiger partial charge in [-0.25, -0.2) is 8.42 Å². The summed E-state index contributed by atoms with van der Waals surface area (Å²) in [6.45, 7) is 1.79. The summed E-state index contributed by atoms with van der Waals surface area (Å²) in [4.78, 5) is 12.5. The van der Waals surface area contributed by atoms with Gasteiger partial charge < -0.3 is 5.32 Å². The Balaban J connectivity index is 1.78. The van der Waals surface area contributed by atoms with Crippen LogP contribution in [0, 0.1) is 6.92 Å². The lowest BCUT2D eigenvalue weighted by molar-refractivity contribution is -0.115. The van der Waals surface area contributed by atoms with Crippen LogP contribution >= 0.6 is 23.2 Å². The zero-order valence-corrected chi connectivity index (χ0v) is 17.8. The van der Waals surface area contributed by atoms with Crippen LogP contribution in [0.4, 0.5) is 11.4 Å². The Labute approximate surface area is 179 Å². The van der Waals surface area contributed by atoms with Gasteiger partial charge in [-0.1, -0.05) is 53.5 Å². The number of hydrogen-bond acceptors (Lipinski definition) is 3. The first kappa shape index (κ1) is 21.2. The van der Waals surface area contributed by atoms with Crippen molar-refractivity contribution in [2.45, 2.75) is 18.2 Å². The Kier molecular flexibility index (Phi) is 6.47. The van der Waals surface area contributed by atoms with E-state index in [0.717, 1.165) is 5.56 Å².